The van der Waals surface area contributed by atoms with Gasteiger partial charge in [0.2, 0.25) is 5.91 Å². The maximum Gasteiger partial charge on any atom is 0.322 e. The third-order valence-electron chi connectivity index (χ3n) is 7.87. The number of hydrogen-bond donors (Lipinski definition) is 1. The summed E-state index contributed by atoms with van der Waals surface area (Å²) in [5, 5.41) is 2.81. The summed E-state index contributed by atoms with van der Waals surface area (Å²) in [6.07, 6.45) is 8.30. The van der Waals surface area contributed by atoms with Crippen LogP contribution in [0.5, 0.6) is 0 Å². The quantitative estimate of drug-likeness (QED) is 0.515. The van der Waals surface area contributed by atoms with Gasteiger partial charge >= 0.3 is 6.03 Å². The second-order valence-corrected chi connectivity index (χ2v) is 10.4. The lowest BCUT2D eigenvalue weighted by atomic mass is 10.0. The Labute approximate surface area is 232 Å². The molecule has 2 aliphatic heterocycles. The van der Waals surface area contributed by atoms with E-state index in [0.29, 0.717) is 17.8 Å². The first-order chi connectivity index (χ1) is 19.3. The number of nitrogens with one attached hydrogen (secondary N) is 1. The molecule has 3 heterocycles. The van der Waals surface area contributed by atoms with E-state index in [4.69, 9.17) is 0 Å². The van der Waals surface area contributed by atoms with Crippen molar-refractivity contribution in [2.24, 2.45) is 0 Å². The zero-order chi connectivity index (χ0) is 28.0. The van der Waals surface area contributed by atoms with Crippen molar-refractivity contribution in [3.63, 3.8) is 0 Å². The molecule has 204 valence electrons. The van der Waals surface area contributed by atoms with Crippen LogP contribution in [-0.2, 0) is 24.4 Å². The normalized spacial score (nSPS) is 16.4. The predicted molar refractivity (Wildman–Crippen MR) is 150 cm³/mol. The van der Waals surface area contributed by atoms with E-state index >= 15 is 0 Å². The van der Waals surface area contributed by atoms with Gasteiger partial charge in [-0.2, -0.15) is 0 Å². The smallest absolute Gasteiger partial charge is 0.322 e. The number of allylic oxidation sites excluding steroid dienone is 3. The molecule has 0 saturated carbocycles. The minimum atomic E-state index is -0.571. The molecule has 1 aliphatic carbocycles. The molecule has 1 aromatic heterocycles. The van der Waals surface area contributed by atoms with Gasteiger partial charge in [-0.25, -0.2) is 9.18 Å². The molecule has 3 aromatic rings. The zero-order valence-corrected chi connectivity index (χ0v) is 22.5. The number of likely N-dealkylation sites (N-methyl/N-ethyl adjacent to an activating group) is 1. The number of aromatic nitrogens is 1. The van der Waals surface area contributed by atoms with Crippen LogP contribution >= 0.6 is 0 Å². The maximum atomic E-state index is 14.7. The van der Waals surface area contributed by atoms with Crippen molar-refractivity contribution in [3.8, 4) is 0 Å². The first-order valence-corrected chi connectivity index (χ1v) is 13.4. The Morgan fingerprint density at radius 2 is 1.80 bits per heavy atom. The molecule has 0 saturated heterocycles. The largest absolute Gasteiger partial charge is 0.345 e. The second-order valence-electron chi connectivity index (χ2n) is 10.4. The molecule has 8 nitrogen and oxygen atoms in total. The minimum absolute atomic E-state index is 0.0737. The third kappa shape index (κ3) is 4.47. The fourth-order valence-electron chi connectivity index (χ4n) is 5.62. The molecule has 0 spiro atoms. The van der Waals surface area contributed by atoms with Crippen molar-refractivity contribution >= 4 is 29.2 Å². The molecule has 0 bridgehead atoms. The van der Waals surface area contributed by atoms with Gasteiger partial charge in [-0.3, -0.25) is 14.5 Å². The summed E-state index contributed by atoms with van der Waals surface area (Å²) >= 11 is 0. The number of hydrogen-bond acceptors (Lipinski definition) is 3. The summed E-state index contributed by atoms with van der Waals surface area (Å²) in [6, 6.07) is 13.3. The number of carbonyl (C=O) groups excluding carboxylic acids is 3. The highest BCUT2D eigenvalue weighted by Crippen LogP contribution is 2.35. The molecular formula is C31H30FN5O3. The van der Waals surface area contributed by atoms with Gasteiger partial charge in [-0.15, -0.1) is 0 Å². The first-order valence-electron chi connectivity index (χ1n) is 13.4. The molecule has 3 aliphatic rings. The molecule has 2 aromatic carbocycles. The summed E-state index contributed by atoms with van der Waals surface area (Å²) in [4.78, 5) is 43.7. The summed E-state index contributed by atoms with van der Waals surface area (Å²) in [6.45, 7) is 3.05. The fourth-order valence-corrected chi connectivity index (χ4v) is 5.62. The van der Waals surface area contributed by atoms with Crippen LogP contribution in [0, 0.1) is 12.7 Å². The number of aryl methyl sites for hydroxylation is 1. The lowest BCUT2D eigenvalue weighted by molar-refractivity contribution is -0.117. The highest BCUT2D eigenvalue weighted by molar-refractivity contribution is 6.10. The average Bonchev–Trinajstić information content (AvgIpc) is 3.32. The van der Waals surface area contributed by atoms with E-state index < -0.39 is 11.8 Å². The monoisotopic (exact) mass is 539 g/mol. The van der Waals surface area contributed by atoms with E-state index in [1.807, 2.05) is 36.1 Å². The second kappa shape index (κ2) is 10.1. The summed E-state index contributed by atoms with van der Waals surface area (Å²) in [5.41, 5.74) is 5.88. The van der Waals surface area contributed by atoms with Crippen LogP contribution < -0.4 is 15.1 Å². The number of para-hydroxylation sites is 1. The van der Waals surface area contributed by atoms with E-state index in [0.717, 1.165) is 52.4 Å². The molecule has 1 N–H and O–H groups in total. The molecule has 4 amide bonds. The van der Waals surface area contributed by atoms with E-state index in [1.165, 1.54) is 17.0 Å². The molecule has 0 radical (unpaired) electrons. The van der Waals surface area contributed by atoms with Crippen LogP contribution in [-0.4, -0.2) is 40.9 Å². The van der Waals surface area contributed by atoms with Gasteiger partial charge in [0, 0.05) is 43.3 Å². The highest BCUT2D eigenvalue weighted by Gasteiger charge is 2.33. The van der Waals surface area contributed by atoms with E-state index in [9.17, 15) is 18.8 Å². The average molecular weight is 540 g/mol. The van der Waals surface area contributed by atoms with Crippen LogP contribution in [0.15, 0.2) is 78.1 Å². The zero-order valence-electron chi connectivity index (χ0n) is 22.5. The lowest BCUT2D eigenvalue weighted by Gasteiger charge is -2.34. The van der Waals surface area contributed by atoms with Gasteiger partial charge < -0.3 is 19.7 Å². The highest BCUT2D eigenvalue weighted by atomic mass is 19.1. The fraction of sp³-hybridized carbons (Fsp3) is 0.258. The molecular weight excluding hydrogens is 509 g/mol. The van der Waals surface area contributed by atoms with Gasteiger partial charge in [0.25, 0.3) is 5.91 Å². The Morgan fingerprint density at radius 1 is 0.975 bits per heavy atom. The number of fused-ring (bicyclic) bond motifs is 3. The molecule has 6 rings (SSSR count). The van der Waals surface area contributed by atoms with Gasteiger partial charge in [0.15, 0.2) is 0 Å². The van der Waals surface area contributed by atoms with E-state index in [1.54, 1.807) is 19.2 Å². The molecule has 40 heavy (non-hydrogen) atoms. The Bertz CT molecular complexity index is 1600. The summed E-state index contributed by atoms with van der Waals surface area (Å²) < 4.78 is 16.9. The number of halogens is 1. The van der Waals surface area contributed by atoms with Crippen LogP contribution in [0.2, 0.25) is 0 Å². The van der Waals surface area contributed by atoms with Crippen LogP contribution in [0.3, 0.4) is 0 Å². The van der Waals surface area contributed by atoms with Crippen LogP contribution in [0.25, 0.3) is 0 Å². The number of benzene rings is 2. The van der Waals surface area contributed by atoms with Crippen LogP contribution in [0.1, 0.15) is 40.0 Å². The number of nitrogens with zero attached hydrogens (tertiary/aromatic N) is 4. The predicted octanol–water partition coefficient (Wildman–Crippen LogP) is 4.89. The van der Waals surface area contributed by atoms with Gasteiger partial charge in [0.1, 0.15) is 18.0 Å². The van der Waals surface area contributed by atoms with E-state index in [-0.39, 0.29) is 30.6 Å². The Kier molecular flexibility index (Phi) is 6.50. The Balaban J connectivity index is 1.19. The lowest BCUT2D eigenvalue weighted by Crippen LogP contribution is -2.50. The Morgan fingerprint density at radius 3 is 2.62 bits per heavy atom. The number of rotatable bonds is 3. The molecule has 0 fully saturated rings. The Hall–Kier alpha value is -4.66. The van der Waals surface area contributed by atoms with Crippen LogP contribution in [0.4, 0.5) is 20.6 Å². The van der Waals surface area contributed by atoms with Crippen molar-refractivity contribution in [1.82, 2.24) is 14.8 Å². The van der Waals surface area contributed by atoms with E-state index in [2.05, 4.69) is 28.2 Å². The van der Waals surface area contributed by atoms with Crippen molar-refractivity contribution in [3.05, 3.63) is 106 Å². The first kappa shape index (κ1) is 25.6. The topological polar surface area (TPSA) is 77.9 Å². The van der Waals surface area contributed by atoms with Crippen molar-refractivity contribution < 1.29 is 18.8 Å². The maximum absolute atomic E-state index is 14.7. The standard InChI is InChI=1S/C31H30FN5O3/c1-20-15-21(30(39)36-18-24-8-6-14-35(24)17-23-7-3-4-10-26(23)36)12-13-22(20)16-33-31(40)37-19-28(38)34(2)27-11-5-9-25(32)29(27)37/h5-15H,3-4,16-19H2,1-2H3,(H,33,40). The number of carbonyl (C=O) groups is 3. The summed E-state index contributed by atoms with van der Waals surface area (Å²) in [5.74, 6) is -0.951. The molecule has 9 heteroatoms. The molecule has 0 atom stereocenters. The third-order valence-corrected chi connectivity index (χ3v) is 7.87. The number of urea groups is 1. The van der Waals surface area contributed by atoms with Crippen molar-refractivity contribution in [1.29, 1.82) is 0 Å². The van der Waals surface area contributed by atoms with Gasteiger partial charge in [0.05, 0.1) is 12.2 Å². The number of amides is 4. The number of anilines is 2. The van der Waals surface area contributed by atoms with Gasteiger partial charge in [-0.1, -0.05) is 24.3 Å². The van der Waals surface area contributed by atoms with Crippen molar-refractivity contribution in [2.45, 2.75) is 39.4 Å². The minimum Gasteiger partial charge on any atom is -0.345 e. The SMILES string of the molecule is Cc1cc(C(=O)N2Cc3cccn3CC3=CCCC=C32)ccc1CNC(=O)N1CC(=O)N(C)c2cccc(F)c21. The van der Waals surface area contributed by atoms with Gasteiger partial charge in [-0.05, 0) is 72.9 Å². The summed E-state index contributed by atoms with van der Waals surface area (Å²) in [7, 11) is 1.56. The van der Waals surface area contributed by atoms with Crippen molar-refractivity contribution in [2.75, 3.05) is 23.4 Å². The molecule has 0 unspecified atom stereocenters.